The van der Waals surface area contributed by atoms with Crippen molar-refractivity contribution in [3.05, 3.63) is 0 Å². The monoisotopic (exact) mass is 274 g/mol. The molecule has 104 valence electrons. The smallest absolute Gasteiger partial charge is 0.328 e. The van der Waals surface area contributed by atoms with E-state index < -0.39 is 6.04 Å². The molecule has 0 aromatic heterocycles. The van der Waals surface area contributed by atoms with Crippen LogP contribution in [0.3, 0.4) is 0 Å². The average molecular weight is 274 g/mol. The Labute approximate surface area is 112 Å². The SMILES string of the molecule is COC(=O)[C@H](CCSC)N(CC1CC1)C(=O)CN. The molecule has 0 aliphatic heterocycles. The van der Waals surface area contributed by atoms with Gasteiger partial charge in [0, 0.05) is 6.54 Å². The Bertz CT molecular complexity index is 295. The molecule has 0 spiro atoms. The number of nitrogens with zero attached hydrogens (tertiary/aromatic N) is 1. The van der Waals surface area contributed by atoms with Gasteiger partial charge in [0.25, 0.3) is 0 Å². The average Bonchev–Trinajstić information content (AvgIpc) is 3.20. The van der Waals surface area contributed by atoms with Crippen molar-refractivity contribution in [1.82, 2.24) is 4.90 Å². The van der Waals surface area contributed by atoms with Crippen LogP contribution in [0.15, 0.2) is 0 Å². The second kappa shape index (κ2) is 7.63. The molecule has 5 nitrogen and oxygen atoms in total. The van der Waals surface area contributed by atoms with Crippen LogP contribution in [0.25, 0.3) is 0 Å². The van der Waals surface area contributed by atoms with E-state index in [1.165, 1.54) is 7.11 Å². The third-order valence-corrected chi connectivity index (χ3v) is 3.74. The van der Waals surface area contributed by atoms with Crippen LogP contribution in [-0.2, 0) is 14.3 Å². The molecular weight excluding hydrogens is 252 g/mol. The minimum atomic E-state index is -0.487. The molecule has 0 bridgehead atoms. The maximum Gasteiger partial charge on any atom is 0.328 e. The molecule has 2 N–H and O–H groups in total. The number of carbonyl (C=O) groups excluding carboxylic acids is 2. The van der Waals surface area contributed by atoms with E-state index in [1.54, 1.807) is 16.7 Å². The Morgan fingerprint density at radius 2 is 2.17 bits per heavy atom. The van der Waals surface area contributed by atoms with E-state index in [0.717, 1.165) is 18.6 Å². The standard InChI is InChI=1S/C12H22N2O3S/c1-17-12(16)10(5-6-18-2)14(11(15)7-13)8-9-3-4-9/h9-10H,3-8,13H2,1-2H3/t10-/m0/s1. The largest absolute Gasteiger partial charge is 0.467 e. The molecule has 6 heteroatoms. The van der Waals surface area contributed by atoms with Crippen LogP contribution >= 0.6 is 11.8 Å². The number of hydrogen-bond acceptors (Lipinski definition) is 5. The zero-order valence-electron chi connectivity index (χ0n) is 11.1. The molecule has 1 fully saturated rings. The predicted octanol–water partition coefficient (Wildman–Crippen LogP) is 0.478. The molecule has 18 heavy (non-hydrogen) atoms. The number of carbonyl (C=O) groups is 2. The highest BCUT2D eigenvalue weighted by molar-refractivity contribution is 7.98. The fourth-order valence-electron chi connectivity index (χ4n) is 1.87. The van der Waals surface area contributed by atoms with Crippen molar-refractivity contribution in [2.24, 2.45) is 11.7 Å². The van der Waals surface area contributed by atoms with Crippen LogP contribution in [0.2, 0.25) is 0 Å². The topological polar surface area (TPSA) is 72.6 Å². The lowest BCUT2D eigenvalue weighted by molar-refractivity contribution is -0.152. The number of methoxy groups -OCH3 is 1. The maximum absolute atomic E-state index is 11.9. The molecule has 1 rings (SSSR count). The zero-order chi connectivity index (χ0) is 13.5. The first-order chi connectivity index (χ1) is 8.63. The third-order valence-electron chi connectivity index (χ3n) is 3.09. The second-order valence-corrected chi connectivity index (χ2v) is 5.50. The minimum absolute atomic E-state index is 0.0561. The lowest BCUT2D eigenvalue weighted by Gasteiger charge is -2.29. The molecule has 0 aromatic carbocycles. The highest BCUT2D eigenvalue weighted by atomic mass is 32.2. The van der Waals surface area contributed by atoms with Crippen molar-refractivity contribution >= 4 is 23.6 Å². The molecule has 0 saturated heterocycles. The summed E-state index contributed by atoms with van der Waals surface area (Å²) in [5.41, 5.74) is 5.43. The first kappa shape index (κ1) is 15.3. The van der Waals surface area contributed by atoms with Crippen molar-refractivity contribution in [2.75, 3.05) is 32.2 Å². The van der Waals surface area contributed by atoms with Gasteiger partial charge >= 0.3 is 5.97 Å². The maximum atomic E-state index is 11.9. The summed E-state index contributed by atoms with van der Waals surface area (Å²) in [6.07, 6.45) is 4.85. The molecule has 0 heterocycles. The summed E-state index contributed by atoms with van der Waals surface area (Å²) in [7, 11) is 1.36. The molecular formula is C12H22N2O3S. The summed E-state index contributed by atoms with van der Waals surface area (Å²) >= 11 is 1.65. The van der Waals surface area contributed by atoms with Gasteiger partial charge in [0.15, 0.2) is 0 Å². The van der Waals surface area contributed by atoms with E-state index in [0.29, 0.717) is 18.9 Å². The number of thioether (sulfide) groups is 1. The highest BCUT2D eigenvalue weighted by Gasteiger charge is 2.34. The molecule has 1 atom stereocenters. The Kier molecular flexibility index (Phi) is 6.49. The Morgan fingerprint density at radius 3 is 2.61 bits per heavy atom. The number of nitrogens with two attached hydrogens (primary N) is 1. The van der Waals surface area contributed by atoms with Crippen LogP contribution < -0.4 is 5.73 Å². The van der Waals surface area contributed by atoms with Crippen molar-refractivity contribution < 1.29 is 14.3 Å². The third kappa shape index (κ3) is 4.49. The van der Waals surface area contributed by atoms with Crippen molar-refractivity contribution in [3.63, 3.8) is 0 Å². The lowest BCUT2D eigenvalue weighted by atomic mass is 10.1. The van der Waals surface area contributed by atoms with E-state index in [2.05, 4.69) is 0 Å². The number of amides is 1. The van der Waals surface area contributed by atoms with Gasteiger partial charge in [-0.25, -0.2) is 4.79 Å². The van der Waals surface area contributed by atoms with E-state index in [-0.39, 0.29) is 18.4 Å². The van der Waals surface area contributed by atoms with Gasteiger partial charge in [-0.15, -0.1) is 0 Å². The van der Waals surface area contributed by atoms with E-state index in [9.17, 15) is 9.59 Å². The molecule has 0 radical (unpaired) electrons. The first-order valence-corrected chi connectivity index (χ1v) is 7.59. The van der Waals surface area contributed by atoms with Crippen molar-refractivity contribution in [1.29, 1.82) is 0 Å². The first-order valence-electron chi connectivity index (χ1n) is 6.20. The summed E-state index contributed by atoms with van der Waals surface area (Å²) in [4.78, 5) is 25.3. The van der Waals surface area contributed by atoms with Gasteiger partial charge in [-0.05, 0) is 37.2 Å². The van der Waals surface area contributed by atoms with E-state index in [4.69, 9.17) is 10.5 Å². The Morgan fingerprint density at radius 1 is 1.50 bits per heavy atom. The normalized spacial score (nSPS) is 16.2. The van der Waals surface area contributed by atoms with Crippen molar-refractivity contribution in [3.8, 4) is 0 Å². The summed E-state index contributed by atoms with van der Waals surface area (Å²) in [5, 5.41) is 0. The van der Waals surface area contributed by atoms with Crippen molar-refractivity contribution in [2.45, 2.75) is 25.3 Å². The van der Waals surface area contributed by atoms with Gasteiger partial charge in [-0.2, -0.15) is 11.8 Å². The molecule has 0 aromatic rings. The van der Waals surface area contributed by atoms with E-state index in [1.807, 2.05) is 6.26 Å². The quantitative estimate of drug-likeness (QED) is 0.652. The number of esters is 1. The highest BCUT2D eigenvalue weighted by Crippen LogP contribution is 2.30. The summed E-state index contributed by atoms with van der Waals surface area (Å²) in [6.45, 7) is 0.573. The molecule has 1 aliphatic rings. The van der Waals surface area contributed by atoms with Crippen LogP contribution in [0, 0.1) is 5.92 Å². The molecule has 1 amide bonds. The minimum Gasteiger partial charge on any atom is -0.467 e. The molecule has 1 saturated carbocycles. The van der Waals surface area contributed by atoms with E-state index >= 15 is 0 Å². The van der Waals surface area contributed by atoms with Crippen LogP contribution in [0.5, 0.6) is 0 Å². The van der Waals surface area contributed by atoms with Gasteiger partial charge in [0.05, 0.1) is 13.7 Å². The second-order valence-electron chi connectivity index (χ2n) is 4.51. The summed E-state index contributed by atoms with van der Waals surface area (Å²) in [5.74, 6) is 0.838. The van der Waals surface area contributed by atoms with Gasteiger partial charge in [-0.1, -0.05) is 0 Å². The number of rotatable bonds is 8. The molecule has 0 unspecified atom stereocenters. The fourth-order valence-corrected chi connectivity index (χ4v) is 2.32. The lowest BCUT2D eigenvalue weighted by Crippen LogP contribution is -2.49. The summed E-state index contributed by atoms with van der Waals surface area (Å²) < 4.78 is 4.80. The van der Waals surface area contributed by atoms with Gasteiger partial charge in [0.2, 0.25) is 5.91 Å². The van der Waals surface area contributed by atoms with Crippen LogP contribution in [0.1, 0.15) is 19.3 Å². The predicted molar refractivity (Wildman–Crippen MR) is 72.3 cm³/mol. The fraction of sp³-hybridized carbons (Fsp3) is 0.833. The van der Waals surface area contributed by atoms with Crippen LogP contribution in [-0.4, -0.2) is 55.0 Å². The number of ether oxygens (including phenoxy) is 1. The zero-order valence-corrected chi connectivity index (χ0v) is 11.9. The van der Waals surface area contributed by atoms with Gasteiger partial charge < -0.3 is 15.4 Å². The van der Waals surface area contributed by atoms with Gasteiger partial charge in [0.1, 0.15) is 6.04 Å². The van der Waals surface area contributed by atoms with Crippen LogP contribution in [0.4, 0.5) is 0 Å². The Hall–Kier alpha value is -0.750. The molecule has 1 aliphatic carbocycles. The Balaban J connectivity index is 2.72. The van der Waals surface area contributed by atoms with Gasteiger partial charge in [-0.3, -0.25) is 4.79 Å². The summed E-state index contributed by atoms with van der Waals surface area (Å²) in [6, 6.07) is -0.487. The number of hydrogen-bond donors (Lipinski definition) is 1.